The number of anilines is 5. The van der Waals surface area contributed by atoms with Gasteiger partial charge in [-0.25, -0.2) is 71.8 Å². The summed E-state index contributed by atoms with van der Waals surface area (Å²) in [6.07, 6.45) is 10.5. The molecule has 22 nitrogen and oxygen atoms in total. The summed E-state index contributed by atoms with van der Waals surface area (Å²) < 4.78 is 116. The Bertz CT molecular complexity index is 7640. The average Bonchev–Trinajstić information content (AvgIpc) is 0.795. The van der Waals surface area contributed by atoms with Gasteiger partial charge in [-0.15, -0.1) is 13.2 Å². The first kappa shape index (κ1) is 85.8. The van der Waals surface area contributed by atoms with Gasteiger partial charge in [-0.05, 0) is 186 Å². The Balaban J connectivity index is 0.000000118. The second-order valence-electron chi connectivity index (χ2n) is 28.3. The minimum Gasteiger partial charge on any atom is -0.497 e. The van der Waals surface area contributed by atoms with Crippen LogP contribution in [0.2, 0.25) is 10.0 Å². The number of rotatable bonds is 12. The summed E-state index contributed by atoms with van der Waals surface area (Å²) >= 11 is 11.9. The molecule has 0 aliphatic carbocycles. The van der Waals surface area contributed by atoms with Crippen molar-refractivity contribution in [2.75, 3.05) is 35.8 Å². The number of ether oxygens (including phenoxy) is 2. The highest BCUT2D eigenvalue weighted by Crippen LogP contribution is 2.42. The number of hydrogen-bond donors (Lipinski definition) is 5. The molecular weight excluding hydrogens is 1700 g/mol. The van der Waals surface area contributed by atoms with Crippen LogP contribution in [0.4, 0.5) is 64.2 Å². The van der Waals surface area contributed by atoms with E-state index in [-0.39, 0.29) is 22.2 Å². The lowest BCUT2D eigenvalue weighted by Gasteiger charge is -2.12. The van der Waals surface area contributed by atoms with Gasteiger partial charge in [0.2, 0.25) is 0 Å². The molecule has 10 heterocycles. The summed E-state index contributed by atoms with van der Waals surface area (Å²) in [5, 5.41) is 3.93. The number of aromatic nitrogens is 15. The fourth-order valence-electron chi connectivity index (χ4n) is 14.2. The third-order valence-electron chi connectivity index (χ3n) is 20.3. The molecule has 0 amide bonds. The highest BCUT2D eigenvalue weighted by Gasteiger charge is 2.31. The lowest BCUT2D eigenvalue weighted by Crippen LogP contribution is -2.17. The summed E-state index contributed by atoms with van der Waals surface area (Å²) in [6, 6.07) is 70.3. The average molecular weight is 1760 g/mol. The number of pyridine rings is 5. The molecule has 10 aromatic heterocycles. The van der Waals surface area contributed by atoms with E-state index >= 15 is 0 Å². The summed E-state index contributed by atoms with van der Waals surface area (Å²) in [5.41, 5.74) is 46.9. The Labute approximate surface area is 738 Å². The smallest absolute Gasteiger partial charge is 0.497 e. The van der Waals surface area contributed by atoms with E-state index in [1.54, 1.807) is 80.4 Å². The molecule has 0 radical (unpaired) electrons. The Morgan fingerprint density at radius 2 is 0.574 bits per heavy atom. The number of hydrogen-bond acceptors (Lipinski definition) is 22. The van der Waals surface area contributed by atoms with Crippen molar-refractivity contribution < 1.29 is 44.6 Å². The van der Waals surface area contributed by atoms with Gasteiger partial charge in [0.15, 0.2) is 11.6 Å². The fourth-order valence-corrected chi connectivity index (χ4v) is 14.5. The molecule has 10 N–H and O–H groups in total. The van der Waals surface area contributed by atoms with Crippen molar-refractivity contribution in [3.63, 3.8) is 0 Å². The van der Waals surface area contributed by atoms with Crippen molar-refractivity contribution in [2.24, 2.45) is 0 Å². The highest BCUT2D eigenvalue weighted by atomic mass is 35.5. The van der Waals surface area contributed by atoms with Crippen LogP contribution in [0.1, 0.15) is 0 Å². The molecule has 32 heteroatoms. The third kappa shape index (κ3) is 19.3. The van der Waals surface area contributed by atoms with Gasteiger partial charge in [-0.1, -0.05) is 108 Å². The van der Waals surface area contributed by atoms with Gasteiger partial charge < -0.3 is 38.1 Å². The molecule has 0 bridgehead atoms. The van der Waals surface area contributed by atoms with Crippen molar-refractivity contribution in [3.05, 3.63) is 350 Å². The van der Waals surface area contributed by atoms with Crippen LogP contribution in [0.25, 0.3) is 166 Å². The van der Waals surface area contributed by atoms with Crippen molar-refractivity contribution in [3.8, 4) is 123 Å². The Morgan fingerprint density at radius 3 is 0.930 bits per heavy atom. The molecule has 0 fully saturated rings. The molecule has 0 unspecified atom stereocenters. The van der Waals surface area contributed by atoms with Gasteiger partial charge in [0, 0.05) is 125 Å². The third-order valence-corrected chi connectivity index (χ3v) is 20.8. The first-order valence-electron chi connectivity index (χ1n) is 38.8. The van der Waals surface area contributed by atoms with Crippen LogP contribution in [0.5, 0.6) is 11.5 Å². The number of methoxy groups -OCH3 is 1. The minimum absolute atomic E-state index is 0.115. The number of fused-ring (bicyclic) bond motifs is 5. The molecular formula is C97H64Cl2F8N20O2. The van der Waals surface area contributed by atoms with Crippen LogP contribution in [-0.2, 0) is 0 Å². The zero-order valence-corrected chi connectivity index (χ0v) is 68.6. The molecule has 20 rings (SSSR count). The van der Waals surface area contributed by atoms with E-state index in [9.17, 15) is 35.1 Å². The number of nitrogens with two attached hydrogens (primary N) is 5. The second-order valence-corrected chi connectivity index (χ2v) is 29.1. The number of nitrogen functional groups attached to an aromatic ring is 5. The van der Waals surface area contributed by atoms with Crippen LogP contribution < -0.4 is 38.1 Å². The maximum absolute atomic E-state index is 14.4. The summed E-state index contributed by atoms with van der Waals surface area (Å²) in [7, 11) is 1.66. The summed E-state index contributed by atoms with van der Waals surface area (Å²) in [4.78, 5) is 63.0. The van der Waals surface area contributed by atoms with Crippen molar-refractivity contribution >= 4 is 107 Å². The molecule has 129 heavy (non-hydrogen) atoms. The molecule has 0 atom stereocenters. The predicted octanol–water partition coefficient (Wildman–Crippen LogP) is 22.6. The van der Waals surface area contributed by atoms with Crippen LogP contribution in [0.3, 0.4) is 0 Å². The first-order chi connectivity index (χ1) is 62.5. The second kappa shape index (κ2) is 37.8. The van der Waals surface area contributed by atoms with Crippen LogP contribution >= 0.6 is 23.2 Å². The number of benzene rings is 10. The highest BCUT2D eigenvalue weighted by molar-refractivity contribution is 6.31. The predicted molar refractivity (Wildman–Crippen MR) is 486 cm³/mol. The maximum Gasteiger partial charge on any atom is 0.573 e. The quantitative estimate of drug-likeness (QED) is 0.0560. The van der Waals surface area contributed by atoms with Gasteiger partial charge >= 0.3 is 6.36 Å². The van der Waals surface area contributed by atoms with Crippen LogP contribution in [0, 0.1) is 29.1 Å². The Morgan fingerprint density at radius 1 is 0.256 bits per heavy atom. The lowest BCUT2D eigenvalue weighted by molar-refractivity contribution is -0.274. The minimum atomic E-state index is -4.76. The first-order valence-corrected chi connectivity index (χ1v) is 39.6. The molecule has 20 aromatic rings. The van der Waals surface area contributed by atoms with E-state index in [1.807, 2.05) is 140 Å². The monoisotopic (exact) mass is 1760 g/mol. The van der Waals surface area contributed by atoms with E-state index in [2.05, 4.69) is 79.5 Å². The van der Waals surface area contributed by atoms with E-state index in [4.69, 9.17) is 56.6 Å². The maximum atomic E-state index is 14.4. The number of alkyl halides is 3. The van der Waals surface area contributed by atoms with Gasteiger partial charge in [0.25, 0.3) is 0 Å². The van der Waals surface area contributed by atoms with Crippen LogP contribution in [-0.4, -0.2) is 88.2 Å². The zero-order valence-electron chi connectivity index (χ0n) is 67.1. The number of halogens is 10. The molecule has 0 saturated heterocycles. The molecule has 0 aliphatic rings. The topological polar surface area (TPSA) is 342 Å². The van der Waals surface area contributed by atoms with Gasteiger partial charge in [0.1, 0.15) is 89.7 Å². The van der Waals surface area contributed by atoms with E-state index in [0.29, 0.717) is 101 Å². The van der Waals surface area contributed by atoms with E-state index in [0.717, 1.165) is 118 Å². The van der Waals surface area contributed by atoms with Gasteiger partial charge in [-0.2, -0.15) is 0 Å². The number of nitrogens with zero attached hydrogens (tertiary/aromatic N) is 15. The van der Waals surface area contributed by atoms with Crippen molar-refractivity contribution in [1.29, 1.82) is 0 Å². The van der Waals surface area contributed by atoms with Crippen LogP contribution in [0.15, 0.2) is 311 Å². The molecule has 10 aromatic carbocycles. The summed E-state index contributed by atoms with van der Waals surface area (Å²) in [5.74, 6) is -1.32. The summed E-state index contributed by atoms with van der Waals surface area (Å²) in [6.45, 7) is 0. The Hall–Kier alpha value is -16.7. The lowest BCUT2D eigenvalue weighted by atomic mass is 9.98. The van der Waals surface area contributed by atoms with Gasteiger partial charge in [0.05, 0.1) is 68.2 Å². The molecule has 0 aliphatic heterocycles. The molecule has 0 saturated carbocycles. The SMILES string of the molecule is COc1cccc(-c2ncccc2-c2ccc3ncnc(N)c3c2)c1.Nc1ncnc2ccc(-c3cccnc3-c3cc(Cl)c(F)cc3F)cc12.Nc1ncnc2ccc(-c3cccnc3-c3cc(Cl)ccc3F)cc12.Nc1ncnc2ccc(-c3cccnc3-c3ccc(F)c(F)c3)cc12.Nc1ncnc2ccc(-c3cccnc3-c3cccc(OC(F)(F)F)c3)cc12. The normalized spacial score (nSPS) is 11.1. The van der Waals surface area contributed by atoms with Crippen molar-refractivity contribution in [2.45, 2.75) is 6.36 Å². The fraction of sp³-hybridized carbons (Fsp3) is 0.0206. The molecule has 0 spiro atoms. The largest absolute Gasteiger partial charge is 0.573 e. The van der Waals surface area contributed by atoms with E-state index in [1.165, 1.54) is 80.3 Å². The zero-order chi connectivity index (χ0) is 90.0. The standard InChI is InChI=1S/C20H13F3N4O.C20H16N4O.C19H11ClF2N4.C19H12ClFN4.C19H12F2N4/c21-20(22,23)28-14-4-1-3-13(9-14)18-15(5-2-8-25-18)12-6-7-17-16(10-12)19(24)27-11-26-17;1-25-15-5-2-4-14(10-15)19-16(6-3-9-22-19)13-7-8-18-17(11-13)20(21)24-12-23-18;20-14-7-12(15(21)8-16(14)22)18-11(2-1-5-24-18)10-3-4-17-13(6-10)19(23)26-9-25-17;20-12-4-5-16(21)14(9-12)18-13(2-1-7-23-18)11-3-6-17-15(8-11)19(22)25-10-24-17;20-15-5-3-12(9-16(15)21)18-13(2-1-7-23-18)11-4-6-17-14(8-11)19(22)25-10-24-17/h1-11H,(H2,24,26,27);2-12H,1H3,(H2,21,23,24);1-9H,(H2,23,25,26);2*1-10H,(H2,22,24,25). The Kier molecular flexibility index (Phi) is 25.1. The molecule has 634 valence electrons. The van der Waals surface area contributed by atoms with Crippen molar-refractivity contribution in [1.82, 2.24) is 74.8 Å². The van der Waals surface area contributed by atoms with Gasteiger partial charge in [-0.3, -0.25) is 24.9 Å². The van der Waals surface area contributed by atoms with E-state index < -0.39 is 29.6 Å².